The van der Waals surface area contributed by atoms with E-state index in [2.05, 4.69) is 17.3 Å². The van der Waals surface area contributed by atoms with Gasteiger partial charge in [0.1, 0.15) is 0 Å². The zero-order valence-electron chi connectivity index (χ0n) is 5.42. The van der Waals surface area contributed by atoms with E-state index in [1.807, 2.05) is 0 Å². The topological polar surface area (TPSA) is 63.8 Å². The molecule has 54 valence electrons. The van der Waals surface area contributed by atoms with Crippen LogP contribution in [-0.4, -0.2) is 14.9 Å². The quantitative estimate of drug-likeness (QED) is 0.502. The standard InChI is InChI=1S/C5H7N3OS/c1-3-2-4(9)8(7-3)5(6)10/h2,7H,1H3,(H2,6,10). The van der Waals surface area contributed by atoms with Crippen molar-refractivity contribution in [2.75, 3.05) is 0 Å². The van der Waals surface area contributed by atoms with Crippen molar-refractivity contribution in [3.8, 4) is 0 Å². The average molecular weight is 157 g/mol. The lowest BCUT2D eigenvalue weighted by molar-refractivity contribution is 0.889. The Morgan fingerprint density at radius 2 is 2.50 bits per heavy atom. The van der Waals surface area contributed by atoms with E-state index < -0.39 is 0 Å². The Bertz CT molecular complexity index is 311. The lowest BCUT2D eigenvalue weighted by atomic mass is 10.5. The SMILES string of the molecule is Cc1cc(=O)n(C(N)=S)[nH]1. The van der Waals surface area contributed by atoms with Crippen LogP contribution in [0.4, 0.5) is 0 Å². The van der Waals surface area contributed by atoms with Gasteiger partial charge >= 0.3 is 0 Å². The number of H-pyrrole nitrogens is 1. The molecule has 1 heterocycles. The summed E-state index contributed by atoms with van der Waals surface area (Å²) in [6, 6.07) is 1.43. The summed E-state index contributed by atoms with van der Waals surface area (Å²) in [5.41, 5.74) is 5.72. The van der Waals surface area contributed by atoms with E-state index in [0.29, 0.717) is 0 Å². The molecule has 1 rings (SSSR count). The van der Waals surface area contributed by atoms with E-state index >= 15 is 0 Å². The molecule has 4 nitrogen and oxygen atoms in total. The Balaban J connectivity index is 3.29. The normalized spacial score (nSPS) is 9.70. The maximum atomic E-state index is 10.8. The number of thiocarbonyl (C=S) groups is 1. The summed E-state index contributed by atoms with van der Waals surface area (Å²) in [5.74, 6) is 0. The van der Waals surface area contributed by atoms with Crippen LogP contribution in [0.3, 0.4) is 0 Å². The zero-order valence-corrected chi connectivity index (χ0v) is 6.23. The molecule has 5 heteroatoms. The minimum absolute atomic E-state index is 0.0399. The molecular formula is C5H7N3OS. The number of nitrogens with zero attached hydrogens (tertiary/aromatic N) is 1. The van der Waals surface area contributed by atoms with Crippen molar-refractivity contribution in [3.05, 3.63) is 22.1 Å². The number of hydrogen-bond acceptors (Lipinski definition) is 2. The van der Waals surface area contributed by atoms with Crippen molar-refractivity contribution >= 4 is 17.3 Å². The van der Waals surface area contributed by atoms with E-state index in [-0.39, 0.29) is 10.7 Å². The predicted molar refractivity (Wildman–Crippen MR) is 42.0 cm³/mol. The van der Waals surface area contributed by atoms with Gasteiger partial charge in [0.05, 0.1) is 0 Å². The fourth-order valence-electron chi connectivity index (χ4n) is 0.677. The molecular weight excluding hydrogens is 150 g/mol. The maximum absolute atomic E-state index is 10.8. The highest BCUT2D eigenvalue weighted by Gasteiger charge is 1.99. The summed E-state index contributed by atoms with van der Waals surface area (Å²) < 4.78 is 1.12. The second-order valence-corrected chi connectivity index (χ2v) is 2.37. The summed E-state index contributed by atoms with van der Waals surface area (Å²) in [5, 5.41) is 2.72. The van der Waals surface area contributed by atoms with E-state index in [1.54, 1.807) is 6.92 Å². The average Bonchev–Trinajstić information content (AvgIpc) is 2.10. The van der Waals surface area contributed by atoms with Crippen molar-refractivity contribution < 1.29 is 0 Å². The fraction of sp³-hybridized carbons (Fsp3) is 0.200. The molecule has 1 aromatic heterocycles. The molecule has 0 aliphatic rings. The van der Waals surface area contributed by atoms with Crippen LogP contribution >= 0.6 is 12.2 Å². The van der Waals surface area contributed by atoms with Crippen LogP contribution in [0.15, 0.2) is 10.9 Å². The first kappa shape index (κ1) is 7.01. The van der Waals surface area contributed by atoms with Crippen LogP contribution in [0.5, 0.6) is 0 Å². The molecule has 0 aliphatic carbocycles. The molecule has 0 amide bonds. The van der Waals surface area contributed by atoms with Crippen molar-refractivity contribution in [2.45, 2.75) is 6.92 Å². The molecule has 0 spiro atoms. The van der Waals surface area contributed by atoms with Crippen LogP contribution in [-0.2, 0) is 0 Å². The largest absolute Gasteiger partial charge is 0.374 e. The summed E-state index contributed by atoms with van der Waals surface area (Å²) >= 11 is 4.57. The van der Waals surface area contributed by atoms with Crippen molar-refractivity contribution in [3.63, 3.8) is 0 Å². The van der Waals surface area contributed by atoms with Crippen molar-refractivity contribution in [2.24, 2.45) is 5.73 Å². The minimum atomic E-state index is -0.218. The third-order valence-electron chi connectivity index (χ3n) is 1.07. The molecule has 0 saturated heterocycles. The molecule has 0 atom stereocenters. The minimum Gasteiger partial charge on any atom is -0.374 e. The van der Waals surface area contributed by atoms with Gasteiger partial charge in [-0.25, -0.2) is 0 Å². The van der Waals surface area contributed by atoms with Crippen LogP contribution < -0.4 is 11.3 Å². The second kappa shape index (κ2) is 2.26. The Morgan fingerprint density at radius 3 is 2.70 bits per heavy atom. The van der Waals surface area contributed by atoms with Crippen LogP contribution in [0, 0.1) is 6.92 Å². The molecule has 0 fully saturated rings. The number of nitrogens with two attached hydrogens (primary N) is 1. The smallest absolute Gasteiger partial charge is 0.273 e. The number of nitrogens with one attached hydrogen (secondary N) is 1. The van der Waals surface area contributed by atoms with Gasteiger partial charge in [0.25, 0.3) is 5.56 Å². The summed E-state index contributed by atoms with van der Waals surface area (Å²) in [7, 11) is 0. The third-order valence-corrected chi connectivity index (χ3v) is 1.25. The molecule has 1 aromatic rings. The van der Waals surface area contributed by atoms with Crippen LogP contribution in [0.2, 0.25) is 0 Å². The van der Waals surface area contributed by atoms with Gasteiger partial charge in [0.15, 0.2) is 5.11 Å². The summed E-state index contributed by atoms with van der Waals surface area (Å²) in [6.45, 7) is 1.76. The highest BCUT2D eigenvalue weighted by atomic mass is 32.1. The summed E-state index contributed by atoms with van der Waals surface area (Å²) in [4.78, 5) is 10.8. The zero-order chi connectivity index (χ0) is 7.72. The van der Waals surface area contributed by atoms with Gasteiger partial charge in [-0.3, -0.25) is 9.89 Å². The Labute approximate surface area is 62.6 Å². The van der Waals surface area contributed by atoms with Gasteiger partial charge in [-0.05, 0) is 19.1 Å². The van der Waals surface area contributed by atoms with Gasteiger partial charge in [-0.15, -0.1) is 0 Å². The number of aromatic nitrogens is 2. The maximum Gasteiger partial charge on any atom is 0.273 e. The van der Waals surface area contributed by atoms with Gasteiger partial charge in [-0.1, -0.05) is 0 Å². The van der Waals surface area contributed by atoms with Gasteiger partial charge in [0, 0.05) is 11.8 Å². The van der Waals surface area contributed by atoms with Crippen LogP contribution in [0.1, 0.15) is 5.69 Å². The highest BCUT2D eigenvalue weighted by molar-refractivity contribution is 7.80. The van der Waals surface area contributed by atoms with Crippen molar-refractivity contribution in [1.29, 1.82) is 0 Å². The Hall–Kier alpha value is -1.10. The molecule has 0 aliphatic heterocycles. The van der Waals surface area contributed by atoms with E-state index in [0.717, 1.165) is 10.4 Å². The Morgan fingerprint density at radius 1 is 1.90 bits per heavy atom. The molecule has 0 aromatic carbocycles. The predicted octanol–water partition coefficient (Wildman–Crippen LogP) is -0.423. The van der Waals surface area contributed by atoms with E-state index in [1.165, 1.54) is 6.07 Å². The van der Waals surface area contributed by atoms with Crippen molar-refractivity contribution in [1.82, 2.24) is 9.78 Å². The first-order valence-electron chi connectivity index (χ1n) is 2.70. The highest BCUT2D eigenvalue weighted by Crippen LogP contribution is 1.83. The lowest BCUT2D eigenvalue weighted by Crippen LogP contribution is -2.29. The molecule has 0 radical (unpaired) electrons. The molecule has 10 heavy (non-hydrogen) atoms. The first-order chi connectivity index (χ1) is 4.61. The van der Waals surface area contributed by atoms with Gasteiger partial charge < -0.3 is 5.73 Å². The molecule has 3 N–H and O–H groups in total. The number of aromatic amines is 1. The third kappa shape index (κ3) is 1.08. The molecule has 0 bridgehead atoms. The first-order valence-corrected chi connectivity index (χ1v) is 3.10. The lowest BCUT2D eigenvalue weighted by Gasteiger charge is -1.93. The number of rotatable bonds is 0. The Kier molecular flexibility index (Phi) is 1.58. The summed E-state index contributed by atoms with van der Waals surface area (Å²) in [6.07, 6.45) is 0. The van der Waals surface area contributed by atoms with Crippen LogP contribution in [0.25, 0.3) is 0 Å². The van der Waals surface area contributed by atoms with E-state index in [9.17, 15) is 4.79 Å². The van der Waals surface area contributed by atoms with Gasteiger partial charge in [0.2, 0.25) is 0 Å². The number of hydrogen-bond donors (Lipinski definition) is 2. The number of aryl methyl sites for hydroxylation is 1. The molecule has 0 saturated carbocycles. The monoisotopic (exact) mass is 157 g/mol. The fourth-order valence-corrected chi connectivity index (χ4v) is 0.813. The van der Waals surface area contributed by atoms with Gasteiger partial charge in [-0.2, -0.15) is 4.68 Å². The molecule has 0 unspecified atom stereocenters. The van der Waals surface area contributed by atoms with E-state index in [4.69, 9.17) is 5.73 Å². The second-order valence-electron chi connectivity index (χ2n) is 1.95.